The molecule has 31 heavy (non-hydrogen) atoms. The first-order chi connectivity index (χ1) is 14.7. The Morgan fingerprint density at radius 3 is 2.48 bits per heavy atom. The summed E-state index contributed by atoms with van der Waals surface area (Å²) in [6.45, 7) is 2.83. The van der Waals surface area contributed by atoms with Gasteiger partial charge in [-0.1, -0.05) is 11.6 Å². The van der Waals surface area contributed by atoms with E-state index in [2.05, 4.69) is 10.6 Å². The van der Waals surface area contributed by atoms with Crippen LogP contribution in [-0.4, -0.2) is 59.1 Å². The SMILES string of the molecule is CCOc1ccc(NCC(=O)Nc2cc3c(cc2Cl)OCCO3)cc1S(=O)(=O)N(C)C. The van der Waals surface area contributed by atoms with Crippen LogP contribution >= 0.6 is 11.6 Å². The van der Waals surface area contributed by atoms with E-state index >= 15 is 0 Å². The van der Waals surface area contributed by atoms with Crippen LogP contribution in [0.4, 0.5) is 11.4 Å². The van der Waals surface area contributed by atoms with E-state index in [0.717, 1.165) is 4.31 Å². The third kappa shape index (κ3) is 5.33. The largest absolute Gasteiger partial charge is 0.492 e. The summed E-state index contributed by atoms with van der Waals surface area (Å²) in [5.74, 6) is 0.902. The predicted molar refractivity (Wildman–Crippen MR) is 118 cm³/mol. The van der Waals surface area contributed by atoms with Crippen molar-refractivity contribution in [2.45, 2.75) is 11.8 Å². The molecule has 11 heteroatoms. The van der Waals surface area contributed by atoms with Crippen LogP contribution in [0.1, 0.15) is 6.92 Å². The van der Waals surface area contributed by atoms with Gasteiger partial charge in [-0.3, -0.25) is 4.79 Å². The average molecular weight is 470 g/mol. The number of sulfonamides is 1. The van der Waals surface area contributed by atoms with Gasteiger partial charge in [0.15, 0.2) is 11.5 Å². The Balaban J connectivity index is 1.72. The van der Waals surface area contributed by atoms with Crippen molar-refractivity contribution >= 4 is 38.9 Å². The molecule has 1 aliphatic heterocycles. The molecule has 3 rings (SSSR count). The number of anilines is 2. The Morgan fingerprint density at radius 1 is 1.16 bits per heavy atom. The molecule has 2 aromatic rings. The first-order valence-corrected chi connectivity index (χ1v) is 11.4. The number of halogens is 1. The summed E-state index contributed by atoms with van der Waals surface area (Å²) in [6.07, 6.45) is 0. The minimum Gasteiger partial charge on any atom is -0.492 e. The molecule has 0 spiro atoms. The lowest BCUT2D eigenvalue weighted by atomic mass is 10.2. The number of nitrogens with zero attached hydrogens (tertiary/aromatic N) is 1. The van der Waals surface area contributed by atoms with Crippen molar-refractivity contribution in [2.75, 3.05) is 51.1 Å². The van der Waals surface area contributed by atoms with Gasteiger partial charge in [-0.05, 0) is 25.1 Å². The molecule has 0 aliphatic carbocycles. The number of rotatable bonds is 8. The van der Waals surface area contributed by atoms with Gasteiger partial charge in [0.2, 0.25) is 15.9 Å². The van der Waals surface area contributed by atoms with Crippen molar-refractivity contribution in [1.82, 2.24) is 4.31 Å². The minimum absolute atomic E-state index is 0.0136. The number of amides is 1. The van der Waals surface area contributed by atoms with E-state index in [1.807, 2.05) is 0 Å². The van der Waals surface area contributed by atoms with E-state index in [1.54, 1.807) is 31.2 Å². The topological polar surface area (TPSA) is 106 Å². The fraction of sp³-hybridized carbons (Fsp3) is 0.350. The zero-order valence-corrected chi connectivity index (χ0v) is 19.0. The van der Waals surface area contributed by atoms with Gasteiger partial charge in [0.05, 0.1) is 23.9 Å². The van der Waals surface area contributed by atoms with Crippen LogP contribution in [0, 0.1) is 0 Å². The lowest BCUT2D eigenvalue weighted by Crippen LogP contribution is -2.24. The van der Waals surface area contributed by atoms with E-state index in [9.17, 15) is 13.2 Å². The van der Waals surface area contributed by atoms with Crippen LogP contribution in [0.3, 0.4) is 0 Å². The van der Waals surface area contributed by atoms with Crippen LogP contribution in [0.15, 0.2) is 35.2 Å². The zero-order chi connectivity index (χ0) is 22.6. The standard InChI is InChI=1S/C20H24ClN3O6S/c1-4-28-16-6-5-13(9-19(16)31(26,27)24(2)3)22-12-20(25)23-15-11-18-17(10-14(15)21)29-7-8-30-18/h5-6,9-11,22H,4,7-8,12H2,1-3H3,(H,23,25). The Kier molecular flexibility index (Phi) is 7.14. The molecule has 2 N–H and O–H groups in total. The molecule has 0 saturated heterocycles. The van der Waals surface area contributed by atoms with Crippen LogP contribution in [0.5, 0.6) is 17.2 Å². The van der Waals surface area contributed by atoms with Gasteiger partial charge in [-0.15, -0.1) is 0 Å². The van der Waals surface area contributed by atoms with Gasteiger partial charge in [-0.2, -0.15) is 0 Å². The van der Waals surface area contributed by atoms with E-state index in [-0.39, 0.29) is 23.1 Å². The molecule has 1 heterocycles. The summed E-state index contributed by atoms with van der Waals surface area (Å²) in [5.41, 5.74) is 0.840. The molecular formula is C20H24ClN3O6S. The summed E-state index contributed by atoms with van der Waals surface area (Å²) >= 11 is 6.21. The van der Waals surface area contributed by atoms with Crippen molar-refractivity contribution in [2.24, 2.45) is 0 Å². The van der Waals surface area contributed by atoms with E-state index in [4.69, 9.17) is 25.8 Å². The molecule has 1 aliphatic rings. The fourth-order valence-electron chi connectivity index (χ4n) is 2.83. The maximum absolute atomic E-state index is 12.6. The maximum atomic E-state index is 12.6. The number of hydrogen-bond donors (Lipinski definition) is 2. The third-order valence-corrected chi connectivity index (χ3v) is 6.51. The highest BCUT2D eigenvalue weighted by atomic mass is 35.5. The lowest BCUT2D eigenvalue weighted by Gasteiger charge is -2.20. The van der Waals surface area contributed by atoms with E-state index in [0.29, 0.717) is 47.7 Å². The van der Waals surface area contributed by atoms with Crippen LogP contribution in [0.25, 0.3) is 0 Å². The molecule has 0 bridgehead atoms. The molecule has 9 nitrogen and oxygen atoms in total. The van der Waals surface area contributed by atoms with Crippen molar-refractivity contribution < 1.29 is 27.4 Å². The van der Waals surface area contributed by atoms with Crippen LogP contribution in [-0.2, 0) is 14.8 Å². The van der Waals surface area contributed by atoms with Crippen molar-refractivity contribution in [1.29, 1.82) is 0 Å². The Bertz CT molecular complexity index is 1070. The number of carbonyl (C=O) groups is 1. The Labute approximate surface area is 186 Å². The Hall–Kier alpha value is -2.69. The summed E-state index contributed by atoms with van der Waals surface area (Å²) in [7, 11) is -0.849. The summed E-state index contributed by atoms with van der Waals surface area (Å²) in [6, 6.07) is 7.82. The highest BCUT2D eigenvalue weighted by molar-refractivity contribution is 7.89. The van der Waals surface area contributed by atoms with Crippen LogP contribution < -0.4 is 24.8 Å². The number of fused-ring (bicyclic) bond motifs is 1. The van der Waals surface area contributed by atoms with Crippen molar-refractivity contribution in [3.8, 4) is 17.2 Å². The molecule has 0 aromatic heterocycles. The average Bonchev–Trinajstić information content (AvgIpc) is 2.73. The first kappa shape index (κ1) is 23.0. The maximum Gasteiger partial charge on any atom is 0.246 e. The number of nitrogens with one attached hydrogen (secondary N) is 2. The monoisotopic (exact) mass is 469 g/mol. The molecule has 168 valence electrons. The Morgan fingerprint density at radius 2 is 1.84 bits per heavy atom. The van der Waals surface area contributed by atoms with Gasteiger partial charge in [0, 0.05) is 31.9 Å². The van der Waals surface area contributed by atoms with Gasteiger partial charge in [-0.25, -0.2) is 12.7 Å². The number of hydrogen-bond acceptors (Lipinski definition) is 7. The minimum atomic E-state index is -3.73. The van der Waals surface area contributed by atoms with E-state index in [1.165, 1.54) is 20.2 Å². The quantitative estimate of drug-likeness (QED) is 0.612. The second kappa shape index (κ2) is 9.63. The molecule has 1 amide bonds. The van der Waals surface area contributed by atoms with Gasteiger partial charge < -0.3 is 24.8 Å². The predicted octanol–water partition coefficient (Wildman–Crippen LogP) is 2.81. The van der Waals surface area contributed by atoms with E-state index < -0.39 is 10.0 Å². The van der Waals surface area contributed by atoms with Crippen molar-refractivity contribution in [3.05, 3.63) is 35.4 Å². The molecule has 2 aromatic carbocycles. The second-order valence-corrected chi connectivity index (χ2v) is 9.29. The zero-order valence-electron chi connectivity index (χ0n) is 17.4. The van der Waals surface area contributed by atoms with Gasteiger partial charge >= 0.3 is 0 Å². The van der Waals surface area contributed by atoms with Gasteiger partial charge in [0.25, 0.3) is 0 Å². The molecule has 0 radical (unpaired) electrons. The smallest absolute Gasteiger partial charge is 0.246 e. The normalized spacial score (nSPS) is 13.1. The number of carbonyl (C=O) groups excluding carboxylic acids is 1. The third-order valence-electron chi connectivity index (χ3n) is 4.36. The molecule has 0 unspecified atom stereocenters. The summed E-state index contributed by atoms with van der Waals surface area (Å²) < 4.78 is 42.7. The molecular weight excluding hydrogens is 446 g/mol. The van der Waals surface area contributed by atoms with Crippen molar-refractivity contribution in [3.63, 3.8) is 0 Å². The number of benzene rings is 2. The summed E-state index contributed by atoms with van der Waals surface area (Å²) in [4.78, 5) is 12.4. The van der Waals surface area contributed by atoms with Crippen LogP contribution in [0.2, 0.25) is 5.02 Å². The molecule has 0 fully saturated rings. The number of ether oxygens (including phenoxy) is 3. The first-order valence-electron chi connectivity index (χ1n) is 9.54. The highest BCUT2D eigenvalue weighted by Gasteiger charge is 2.23. The highest BCUT2D eigenvalue weighted by Crippen LogP contribution is 2.38. The second-order valence-electron chi connectivity index (χ2n) is 6.76. The summed E-state index contributed by atoms with van der Waals surface area (Å²) in [5, 5.41) is 5.94. The van der Waals surface area contributed by atoms with Gasteiger partial charge in [0.1, 0.15) is 23.9 Å². The molecule has 0 atom stereocenters. The molecule has 0 saturated carbocycles. The lowest BCUT2D eigenvalue weighted by molar-refractivity contribution is -0.114. The fourth-order valence-corrected chi connectivity index (χ4v) is 4.08.